The van der Waals surface area contributed by atoms with Gasteiger partial charge in [-0.1, -0.05) is 147 Å². The molecular weight excluding hydrogens is 888 g/mol. The Balaban J connectivity index is 1.17. The second-order valence-corrected chi connectivity index (χ2v) is 23.0. The first-order valence-corrected chi connectivity index (χ1v) is 27.6. The first kappa shape index (κ1) is 45.9. The Morgan fingerprint density at radius 1 is 0.479 bits per heavy atom. The molecule has 0 fully saturated rings. The highest BCUT2D eigenvalue weighted by Gasteiger charge is 2.47. The zero-order valence-corrected chi connectivity index (χ0v) is 43.9. The summed E-state index contributed by atoms with van der Waals surface area (Å²) in [7, 11) is 0. The fourth-order valence-corrected chi connectivity index (χ4v) is 13.0. The van der Waals surface area contributed by atoms with Crippen LogP contribution in [0.5, 0.6) is 0 Å². The van der Waals surface area contributed by atoms with Gasteiger partial charge in [0.15, 0.2) is 0 Å². The number of benzene rings is 8. The van der Waals surface area contributed by atoms with E-state index in [9.17, 15) is 0 Å². The number of rotatable bonds is 12. The molecule has 5 heteroatoms. The van der Waals surface area contributed by atoms with Gasteiger partial charge in [-0.3, -0.25) is 0 Å². The number of hydrogen-bond donors (Lipinski definition) is 0. The van der Waals surface area contributed by atoms with Crippen LogP contribution in [-0.2, 0) is 30.1 Å². The molecule has 2 aliphatic heterocycles. The van der Waals surface area contributed by atoms with Crippen molar-refractivity contribution in [2.45, 2.75) is 130 Å². The average molecular weight is 955 g/mol. The van der Waals surface area contributed by atoms with Gasteiger partial charge in [0.25, 0.3) is 0 Å². The van der Waals surface area contributed by atoms with E-state index in [-0.39, 0.29) is 17.7 Å². The molecule has 0 spiro atoms. The van der Waals surface area contributed by atoms with Crippen molar-refractivity contribution in [3.05, 3.63) is 173 Å². The number of fused-ring (bicyclic) bond motifs is 12. The predicted octanol–water partition coefficient (Wildman–Crippen LogP) is 18.2. The van der Waals surface area contributed by atoms with Crippen LogP contribution in [-0.4, -0.2) is 6.85 Å². The first-order chi connectivity index (χ1) is 35.5. The zero-order valence-electron chi connectivity index (χ0n) is 43.9. The van der Waals surface area contributed by atoms with Crippen molar-refractivity contribution in [1.82, 2.24) is 0 Å². The highest BCUT2D eigenvalue weighted by atomic mass is 16.3. The molecule has 0 N–H and O–H groups in total. The van der Waals surface area contributed by atoms with Gasteiger partial charge in [-0.2, -0.15) is 0 Å². The minimum atomic E-state index is -0.177. The van der Waals surface area contributed by atoms with E-state index >= 15 is 0 Å². The maximum absolute atomic E-state index is 7.27. The Kier molecular flexibility index (Phi) is 11.1. The lowest BCUT2D eigenvalue weighted by Gasteiger charge is -2.46. The molecule has 0 saturated heterocycles. The molecule has 8 aromatic carbocycles. The highest BCUT2D eigenvalue weighted by Crippen LogP contribution is 2.54. The molecule has 4 heterocycles. The SMILES string of the molecule is CCCCc1ccc(N2B3c4cc(CCCC)ccc4N(c4ccc(CCCC)cc4-c4ccccc4)c4cc5c(oc6ccccc65)c(c43)-c3cc4c(cc32)oc2cc3c(cc24)C(C)(C)CCC3(C)C)cc1. The van der Waals surface area contributed by atoms with Gasteiger partial charge in [-0.15, -0.1) is 0 Å². The maximum atomic E-state index is 7.27. The molecule has 10 aromatic rings. The average Bonchev–Trinajstić information content (AvgIpc) is 3.97. The van der Waals surface area contributed by atoms with Crippen LogP contribution >= 0.6 is 0 Å². The molecule has 13 rings (SSSR count). The summed E-state index contributed by atoms with van der Waals surface area (Å²) in [5.74, 6) is 0. The first-order valence-electron chi connectivity index (χ1n) is 27.6. The molecular formula is C68H67BN2O2. The van der Waals surface area contributed by atoms with Gasteiger partial charge in [0.05, 0.1) is 5.69 Å². The van der Waals surface area contributed by atoms with E-state index in [0.717, 1.165) is 102 Å². The predicted molar refractivity (Wildman–Crippen MR) is 311 cm³/mol. The normalized spacial score (nSPS) is 15.3. The van der Waals surface area contributed by atoms with Crippen LogP contribution in [0.3, 0.4) is 0 Å². The van der Waals surface area contributed by atoms with Gasteiger partial charge >= 0.3 is 6.85 Å². The van der Waals surface area contributed by atoms with Gasteiger partial charge in [0.1, 0.15) is 22.3 Å². The number of aryl methyl sites for hydroxylation is 3. The van der Waals surface area contributed by atoms with Crippen molar-refractivity contribution < 1.29 is 8.83 Å². The second-order valence-electron chi connectivity index (χ2n) is 23.0. The summed E-state index contributed by atoms with van der Waals surface area (Å²) < 4.78 is 14.4. The van der Waals surface area contributed by atoms with Crippen molar-refractivity contribution in [2.75, 3.05) is 9.71 Å². The fraction of sp³-hybridized carbons (Fsp3) is 0.294. The molecule has 1 aliphatic carbocycles. The van der Waals surface area contributed by atoms with Crippen molar-refractivity contribution in [3.63, 3.8) is 0 Å². The Labute approximate surface area is 432 Å². The summed E-state index contributed by atoms with van der Waals surface area (Å²) >= 11 is 0. The number of furan rings is 2. The molecule has 364 valence electrons. The summed E-state index contributed by atoms with van der Waals surface area (Å²) in [5, 5.41) is 4.59. The van der Waals surface area contributed by atoms with Crippen LogP contribution < -0.4 is 20.6 Å². The van der Waals surface area contributed by atoms with Crippen molar-refractivity contribution in [1.29, 1.82) is 0 Å². The monoisotopic (exact) mass is 955 g/mol. The summed E-state index contributed by atoms with van der Waals surface area (Å²) in [5.41, 5.74) is 24.1. The number of para-hydroxylation sites is 1. The van der Waals surface area contributed by atoms with Crippen molar-refractivity contribution in [3.8, 4) is 22.3 Å². The highest BCUT2D eigenvalue weighted by molar-refractivity contribution is 6.94. The molecule has 2 aromatic heterocycles. The zero-order chi connectivity index (χ0) is 49.8. The molecule has 0 unspecified atom stereocenters. The minimum absolute atomic E-state index is 0.0583. The third kappa shape index (κ3) is 7.38. The molecule has 0 bridgehead atoms. The third-order valence-corrected chi connectivity index (χ3v) is 17.2. The summed E-state index contributed by atoms with van der Waals surface area (Å²) in [4.78, 5) is 5.29. The summed E-state index contributed by atoms with van der Waals surface area (Å²) in [6.07, 6.45) is 12.4. The van der Waals surface area contributed by atoms with E-state index in [0.29, 0.717) is 0 Å². The molecule has 73 heavy (non-hydrogen) atoms. The molecule has 4 nitrogen and oxygen atoms in total. The van der Waals surface area contributed by atoms with E-state index in [1.807, 2.05) is 0 Å². The maximum Gasteiger partial charge on any atom is 0.333 e. The van der Waals surface area contributed by atoms with Crippen LogP contribution in [0, 0.1) is 0 Å². The summed E-state index contributed by atoms with van der Waals surface area (Å²) in [6, 6.07) is 56.1. The van der Waals surface area contributed by atoms with E-state index in [1.54, 1.807) is 0 Å². The standard InChI is InChI=1S/C68H67BN2O2/c1-8-11-19-43-26-30-47(31-27-43)71-59-42-63-50(51-39-54-55(41-62(51)72-63)68(6,7)35-34-67(54,4)5)38-53(59)64-65-60(40-52-48-24-17-18-25-61(48)73-66(52)64)70(58-33-29-45(21-13-10-3)37-56(58)69(65)71)57-32-28-44(20-12-9-2)36-49(57)46-22-15-14-16-23-46/h14-18,22-33,36-42H,8-13,19-21,34-35H2,1-7H3. The second kappa shape index (κ2) is 17.6. The largest absolute Gasteiger partial charge is 0.456 e. The van der Waals surface area contributed by atoms with Gasteiger partial charge in [-0.05, 0) is 167 Å². The summed E-state index contributed by atoms with van der Waals surface area (Å²) in [6.45, 7) is 16.4. The van der Waals surface area contributed by atoms with E-state index in [1.165, 1.54) is 102 Å². The van der Waals surface area contributed by atoms with Crippen LogP contribution in [0.4, 0.5) is 28.4 Å². The Morgan fingerprint density at radius 3 is 1.82 bits per heavy atom. The van der Waals surface area contributed by atoms with Crippen LogP contribution in [0.15, 0.2) is 154 Å². The quantitative estimate of drug-likeness (QED) is 0.114. The molecule has 0 atom stereocenters. The smallest absolute Gasteiger partial charge is 0.333 e. The lowest BCUT2D eigenvalue weighted by atomic mass is 9.43. The number of anilines is 5. The van der Waals surface area contributed by atoms with E-state index < -0.39 is 0 Å². The molecule has 0 radical (unpaired) electrons. The molecule has 0 amide bonds. The number of unbranched alkanes of at least 4 members (excludes halogenated alkanes) is 3. The lowest BCUT2D eigenvalue weighted by molar-refractivity contribution is 0.332. The Morgan fingerprint density at radius 2 is 1.10 bits per heavy atom. The van der Waals surface area contributed by atoms with Crippen LogP contribution in [0.25, 0.3) is 66.1 Å². The van der Waals surface area contributed by atoms with Gasteiger partial charge < -0.3 is 18.5 Å². The van der Waals surface area contributed by atoms with E-state index in [4.69, 9.17) is 8.83 Å². The van der Waals surface area contributed by atoms with Crippen molar-refractivity contribution >= 4 is 90.1 Å². The number of nitrogens with zero attached hydrogens (tertiary/aromatic N) is 2. The lowest BCUT2D eigenvalue weighted by Crippen LogP contribution is -2.61. The van der Waals surface area contributed by atoms with Crippen molar-refractivity contribution in [2.24, 2.45) is 0 Å². The van der Waals surface area contributed by atoms with Crippen LogP contribution in [0.2, 0.25) is 0 Å². The molecule has 0 saturated carbocycles. The number of hydrogen-bond acceptors (Lipinski definition) is 4. The minimum Gasteiger partial charge on any atom is -0.456 e. The topological polar surface area (TPSA) is 32.8 Å². The Hall–Kier alpha value is -6.98. The van der Waals surface area contributed by atoms with E-state index in [2.05, 4.69) is 204 Å². The molecule has 3 aliphatic rings. The fourth-order valence-electron chi connectivity index (χ4n) is 13.0. The van der Waals surface area contributed by atoms with Gasteiger partial charge in [0, 0.05) is 67.1 Å². The Bertz CT molecular complexity index is 3780. The van der Waals surface area contributed by atoms with Crippen LogP contribution in [0.1, 0.15) is 128 Å². The van der Waals surface area contributed by atoms with Gasteiger partial charge in [-0.25, -0.2) is 0 Å². The van der Waals surface area contributed by atoms with Gasteiger partial charge in [0.2, 0.25) is 0 Å². The third-order valence-electron chi connectivity index (χ3n) is 17.2.